The quantitative estimate of drug-likeness (QED) is 0.822. The number of rotatable bonds is 4. The van der Waals surface area contributed by atoms with Crippen molar-refractivity contribution in [3.63, 3.8) is 0 Å². The Bertz CT molecular complexity index is 374. The van der Waals surface area contributed by atoms with Crippen LogP contribution in [-0.4, -0.2) is 39.4 Å². The summed E-state index contributed by atoms with van der Waals surface area (Å²) in [4.78, 5) is 21.3. The highest BCUT2D eigenvalue weighted by molar-refractivity contribution is 5.84. The molecule has 0 spiro atoms. The Balaban J connectivity index is 1.95. The molecule has 5 nitrogen and oxygen atoms in total. The third kappa shape index (κ3) is 2.49. The lowest BCUT2D eigenvalue weighted by Gasteiger charge is -2.22. The number of carbonyl (C=O) groups excluding carboxylic acids is 1. The smallest absolute Gasteiger partial charge is 0.240 e. The maximum Gasteiger partial charge on any atom is 0.240 e. The van der Waals surface area contributed by atoms with E-state index in [0.29, 0.717) is 0 Å². The summed E-state index contributed by atoms with van der Waals surface area (Å²) < 4.78 is 0. The van der Waals surface area contributed by atoms with Crippen molar-refractivity contribution in [1.82, 2.24) is 20.2 Å². The van der Waals surface area contributed by atoms with Crippen molar-refractivity contribution in [1.29, 1.82) is 0 Å². The highest BCUT2D eigenvalue weighted by atomic mass is 16.2. The van der Waals surface area contributed by atoms with Gasteiger partial charge in [-0.3, -0.25) is 10.1 Å². The van der Waals surface area contributed by atoms with Gasteiger partial charge in [-0.1, -0.05) is 0 Å². The molecule has 0 aromatic carbocycles. The Hall–Kier alpha value is -1.36. The summed E-state index contributed by atoms with van der Waals surface area (Å²) in [6.07, 6.45) is 4.40. The summed E-state index contributed by atoms with van der Waals surface area (Å²) in [5.41, 5.74) is 0. The Morgan fingerprint density at radius 3 is 2.82 bits per heavy atom. The van der Waals surface area contributed by atoms with E-state index < -0.39 is 0 Å². The molecule has 0 unspecified atom stereocenters. The van der Waals surface area contributed by atoms with Gasteiger partial charge in [0.2, 0.25) is 5.91 Å². The van der Waals surface area contributed by atoms with Gasteiger partial charge >= 0.3 is 0 Å². The fourth-order valence-electron chi connectivity index (χ4n) is 2.26. The third-order valence-corrected chi connectivity index (χ3v) is 3.24. The first-order chi connectivity index (χ1) is 8.09. The molecular formula is C12H20N4O. The summed E-state index contributed by atoms with van der Waals surface area (Å²) >= 11 is 0. The van der Waals surface area contributed by atoms with Crippen LogP contribution in [0.1, 0.15) is 39.1 Å². The number of likely N-dealkylation sites (tertiary alicyclic amines) is 1. The van der Waals surface area contributed by atoms with Gasteiger partial charge < -0.3 is 9.88 Å². The molecule has 0 bridgehead atoms. The predicted molar refractivity (Wildman–Crippen MR) is 65.4 cm³/mol. The minimum absolute atomic E-state index is 0.0718. The molecule has 1 aromatic heterocycles. The Kier molecular flexibility index (Phi) is 3.47. The summed E-state index contributed by atoms with van der Waals surface area (Å²) in [6.45, 7) is 6.97. The maximum absolute atomic E-state index is 12.1. The fraction of sp³-hybridized carbons (Fsp3) is 0.667. The Morgan fingerprint density at radius 2 is 2.29 bits per heavy atom. The highest BCUT2D eigenvalue weighted by Crippen LogP contribution is 2.17. The molecule has 2 N–H and O–H groups in total. The van der Waals surface area contributed by atoms with Crippen molar-refractivity contribution in [3.8, 4) is 0 Å². The van der Waals surface area contributed by atoms with E-state index >= 15 is 0 Å². The van der Waals surface area contributed by atoms with E-state index in [1.807, 2.05) is 11.8 Å². The van der Waals surface area contributed by atoms with E-state index in [4.69, 9.17) is 0 Å². The molecule has 1 saturated heterocycles. The van der Waals surface area contributed by atoms with Gasteiger partial charge in [0.1, 0.15) is 5.82 Å². The molecular weight excluding hydrogens is 216 g/mol. The van der Waals surface area contributed by atoms with Crippen molar-refractivity contribution in [3.05, 3.63) is 18.2 Å². The second-order valence-electron chi connectivity index (χ2n) is 4.83. The number of hydrogen-bond acceptors (Lipinski definition) is 3. The number of hydrogen-bond donors (Lipinski definition) is 2. The molecule has 1 aromatic rings. The van der Waals surface area contributed by atoms with Gasteiger partial charge in [0.15, 0.2) is 0 Å². The Labute approximate surface area is 102 Å². The zero-order valence-corrected chi connectivity index (χ0v) is 10.6. The minimum Gasteiger partial charge on any atom is -0.347 e. The lowest BCUT2D eigenvalue weighted by molar-refractivity contribution is -0.130. The predicted octanol–water partition coefficient (Wildman–Crippen LogP) is 1.07. The average molecular weight is 236 g/mol. The number of nitrogens with zero attached hydrogens (tertiary/aromatic N) is 2. The van der Waals surface area contributed by atoms with Gasteiger partial charge in [-0.25, -0.2) is 4.98 Å². The van der Waals surface area contributed by atoms with Gasteiger partial charge in [0.25, 0.3) is 0 Å². The number of aromatic amines is 1. The van der Waals surface area contributed by atoms with E-state index in [1.165, 1.54) is 0 Å². The molecule has 0 saturated carbocycles. The summed E-state index contributed by atoms with van der Waals surface area (Å²) in [5.74, 6) is 1.08. The molecule has 94 valence electrons. The van der Waals surface area contributed by atoms with Gasteiger partial charge in [0.05, 0.1) is 12.1 Å². The third-order valence-electron chi connectivity index (χ3n) is 3.24. The van der Waals surface area contributed by atoms with Gasteiger partial charge in [0, 0.05) is 25.0 Å². The fourth-order valence-corrected chi connectivity index (χ4v) is 2.26. The minimum atomic E-state index is -0.0718. The first-order valence-electron chi connectivity index (χ1n) is 6.15. The Morgan fingerprint density at radius 1 is 1.53 bits per heavy atom. The molecule has 0 radical (unpaired) electrons. The van der Waals surface area contributed by atoms with Crippen molar-refractivity contribution < 1.29 is 4.79 Å². The van der Waals surface area contributed by atoms with Crippen LogP contribution in [0.25, 0.3) is 0 Å². The first-order valence-corrected chi connectivity index (χ1v) is 6.15. The van der Waals surface area contributed by atoms with Crippen LogP contribution in [0, 0.1) is 0 Å². The number of imidazole rings is 1. The summed E-state index contributed by atoms with van der Waals surface area (Å²) in [6, 6.07) is 0.289. The van der Waals surface area contributed by atoms with Crippen molar-refractivity contribution in [2.45, 2.75) is 45.3 Å². The molecule has 2 rings (SSSR count). The standard InChI is InChI=1S/C12H20N4O/c1-8(2)16-7-4-10(12(16)17)15-9(3)11-13-5-6-14-11/h5-6,8-10,15H,4,7H2,1-3H3,(H,13,14)/t9-,10-/m1/s1. The molecule has 1 fully saturated rings. The van der Waals surface area contributed by atoms with Crippen molar-refractivity contribution in [2.75, 3.05) is 6.54 Å². The number of amides is 1. The van der Waals surface area contributed by atoms with Crippen LogP contribution in [-0.2, 0) is 4.79 Å². The molecule has 1 amide bonds. The zero-order chi connectivity index (χ0) is 12.4. The SMILES string of the molecule is CC(C)N1CC[C@@H](N[C@H](C)c2ncc[nH]2)C1=O. The van der Waals surface area contributed by atoms with E-state index in [2.05, 4.69) is 29.1 Å². The summed E-state index contributed by atoms with van der Waals surface area (Å²) in [7, 11) is 0. The monoisotopic (exact) mass is 236 g/mol. The zero-order valence-electron chi connectivity index (χ0n) is 10.6. The van der Waals surface area contributed by atoms with Crippen LogP contribution in [0.5, 0.6) is 0 Å². The van der Waals surface area contributed by atoms with Gasteiger partial charge in [-0.2, -0.15) is 0 Å². The van der Waals surface area contributed by atoms with Crippen LogP contribution in [0.4, 0.5) is 0 Å². The van der Waals surface area contributed by atoms with Crippen molar-refractivity contribution >= 4 is 5.91 Å². The summed E-state index contributed by atoms with van der Waals surface area (Å²) in [5, 5.41) is 3.33. The van der Waals surface area contributed by atoms with Crippen LogP contribution in [0.3, 0.4) is 0 Å². The van der Waals surface area contributed by atoms with E-state index in [0.717, 1.165) is 18.8 Å². The van der Waals surface area contributed by atoms with E-state index in [9.17, 15) is 4.79 Å². The van der Waals surface area contributed by atoms with Crippen LogP contribution in [0.15, 0.2) is 12.4 Å². The second-order valence-corrected chi connectivity index (χ2v) is 4.83. The lowest BCUT2D eigenvalue weighted by atomic mass is 10.2. The molecule has 2 atom stereocenters. The van der Waals surface area contributed by atoms with Crippen LogP contribution >= 0.6 is 0 Å². The molecule has 2 heterocycles. The second kappa shape index (κ2) is 4.87. The normalized spacial score (nSPS) is 22.5. The van der Waals surface area contributed by atoms with Crippen molar-refractivity contribution in [2.24, 2.45) is 0 Å². The first kappa shape index (κ1) is 12.1. The topological polar surface area (TPSA) is 61.0 Å². The number of carbonyl (C=O) groups is 1. The largest absolute Gasteiger partial charge is 0.347 e. The maximum atomic E-state index is 12.1. The molecule has 0 aliphatic carbocycles. The van der Waals surface area contributed by atoms with Gasteiger partial charge in [-0.15, -0.1) is 0 Å². The molecule has 1 aliphatic heterocycles. The number of aromatic nitrogens is 2. The number of H-pyrrole nitrogens is 1. The highest BCUT2D eigenvalue weighted by Gasteiger charge is 2.33. The number of nitrogens with one attached hydrogen (secondary N) is 2. The van der Waals surface area contributed by atoms with Crippen LogP contribution < -0.4 is 5.32 Å². The van der Waals surface area contributed by atoms with E-state index in [-0.39, 0.29) is 24.0 Å². The average Bonchev–Trinajstić information content (AvgIpc) is 2.89. The van der Waals surface area contributed by atoms with Crippen LogP contribution in [0.2, 0.25) is 0 Å². The van der Waals surface area contributed by atoms with Gasteiger partial charge in [-0.05, 0) is 27.2 Å². The molecule has 17 heavy (non-hydrogen) atoms. The molecule has 5 heteroatoms. The molecule has 1 aliphatic rings. The lowest BCUT2D eigenvalue weighted by Crippen LogP contribution is -2.41. The van der Waals surface area contributed by atoms with E-state index in [1.54, 1.807) is 12.4 Å².